The minimum Gasteiger partial charge on any atom is -0.476 e. The Balaban J connectivity index is 1.76. The van der Waals surface area contributed by atoms with Crippen molar-refractivity contribution in [1.29, 1.82) is 0 Å². The first kappa shape index (κ1) is 25.9. The van der Waals surface area contributed by atoms with Gasteiger partial charge in [-0.1, -0.05) is 30.3 Å². The van der Waals surface area contributed by atoms with E-state index >= 15 is 0 Å². The van der Waals surface area contributed by atoms with Gasteiger partial charge in [0.1, 0.15) is 5.78 Å². The number of Topliss-reactive ketones (excluding diaryl/α,β-unsaturated/α-hetero) is 1. The van der Waals surface area contributed by atoms with Crippen LogP contribution in [0.2, 0.25) is 0 Å². The van der Waals surface area contributed by atoms with Crippen molar-refractivity contribution in [2.24, 2.45) is 11.8 Å². The monoisotopic (exact) mass is 479 g/mol. The molecule has 0 radical (unpaired) electrons. The fraction of sp³-hybridized carbons (Fsp3) is 0.667. The highest BCUT2D eigenvalue weighted by molar-refractivity contribution is 8.01. The molecule has 0 saturated heterocycles. The molecule has 10 heteroatoms. The number of hydrogen-bond donors (Lipinski definition) is 2. The molecule has 0 spiro atoms. The Morgan fingerprint density at radius 2 is 2.06 bits per heavy atom. The van der Waals surface area contributed by atoms with E-state index < -0.39 is 24.2 Å². The molecule has 1 heterocycles. The van der Waals surface area contributed by atoms with Gasteiger partial charge in [0.15, 0.2) is 10.0 Å². The Labute approximate surface area is 188 Å². The summed E-state index contributed by atoms with van der Waals surface area (Å²) in [6.45, 7) is 1.62. The molecule has 1 aromatic rings. The highest BCUT2D eigenvalue weighted by Crippen LogP contribution is 2.35. The van der Waals surface area contributed by atoms with Crippen molar-refractivity contribution in [3.63, 3.8) is 0 Å². The number of aliphatic hydroxyl groups is 1. The van der Waals surface area contributed by atoms with Crippen LogP contribution in [-0.2, 0) is 4.79 Å². The minimum atomic E-state index is -4.16. The number of ketones is 1. The molecular formula is C21H28F3NO4S2. The third-order valence-corrected chi connectivity index (χ3v) is 7.43. The summed E-state index contributed by atoms with van der Waals surface area (Å²) in [4.78, 5) is 27.2. The third kappa shape index (κ3) is 9.33. The molecule has 1 aromatic heterocycles. The standard InChI is InChI=1S/C21H28F3NO4S2/c1-20(29,9-2-3-11-21(22,23)24)10-4-5-14-6-7-17(26)15(14)8-12-30-19-25-16(13-31-19)18(27)28/h4-5,13-15,29H,2-3,6-12H2,1H3,(H,27,28)/t14-,15+,20-/m0/s1. The van der Waals surface area contributed by atoms with Gasteiger partial charge in [-0.25, -0.2) is 9.78 Å². The van der Waals surface area contributed by atoms with Crippen LogP contribution >= 0.6 is 23.1 Å². The lowest BCUT2D eigenvalue weighted by Gasteiger charge is -2.22. The number of thiazole rings is 1. The molecule has 1 aliphatic carbocycles. The summed E-state index contributed by atoms with van der Waals surface area (Å²) >= 11 is 2.71. The molecule has 1 fully saturated rings. The van der Waals surface area contributed by atoms with E-state index in [1.807, 2.05) is 12.2 Å². The fourth-order valence-corrected chi connectivity index (χ4v) is 5.56. The second-order valence-corrected chi connectivity index (χ2v) is 10.4. The van der Waals surface area contributed by atoms with Gasteiger partial charge < -0.3 is 10.2 Å². The topological polar surface area (TPSA) is 87.5 Å². The molecule has 1 saturated carbocycles. The van der Waals surface area contributed by atoms with E-state index in [2.05, 4.69) is 4.98 Å². The molecule has 0 bridgehead atoms. The van der Waals surface area contributed by atoms with Gasteiger partial charge in [-0.3, -0.25) is 4.79 Å². The number of unbranched alkanes of at least 4 members (excludes halogenated alkanes) is 1. The number of aromatic carboxylic acids is 1. The van der Waals surface area contributed by atoms with Gasteiger partial charge in [0.2, 0.25) is 0 Å². The highest BCUT2D eigenvalue weighted by Gasteiger charge is 2.33. The molecule has 5 nitrogen and oxygen atoms in total. The quantitative estimate of drug-likeness (QED) is 0.226. The Morgan fingerprint density at radius 1 is 1.35 bits per heavy atom. The van der Waals surface area contributed by atoms with Crippen LogP contribution in [0, 0.1) is 11.8 Å². The molecule has 3 atom stereocenters. The Kier molecular flexibility index (Phi) is 9.57. The van der Waals surface area contributed by atoms with Crippen LogP contribution in [0.15, 0.2) is 21.9 Å². The maximum Gasteiger partial charge on any atom is 0.389 e. The molecule has 2 N–H and O–H groups in total. The second-order valence-electron chi connectivity index (χ2n) is 8.17. The SMILES string of the molecule is C[C@@](O)(CC=C[C@H]1CCC(=O)[C@@H]1CCSc1nc(C(=O)O)cs1)CCCCC(F)(F)F. The van der Waals surface area contributed by atoms with Gasteiger partial charge in [0, 0.05) is 29.9 Å². The predicted octanol–water partition coefficient (Wildman–Crippen LogP) is 5.74. The van der Waals surface area contributed by atoms with Crippen LogP contribution in [0.25, 0.3) is 0 Å². The summed E-state index contributed by atoms with van der Waals surface area (Å²) in [5.74, 6) is -0.223. The molecule has 0 aromatic carbocycles. The van der Waals surface area contributed by atoms with E-state index in [1.54, 1.807) is 6.92 Å². The van der Waals surface area contributed by atoms with E-state index in [4.69, 9.17) is 5.11 Å². The van der Waals surface area contributed by atoms with Crippen molar-refractivity contribution in [3.05, 3.63) is 23.2 Å². The van der Waals surface area contributed by atoms with E-state index in [0.717, 1.165) is 6.42 Å². The van der Waals surface area contributed by atoms with E-state index in [9.17, 15) is 27.9 Å². The van der Waals surface area contributed by atoms with Crippen LogP contribution in [0.3, 0.4) is 0 Å². The average Bonchev–Trinajstić information content (AvgIpc) is 3.26. The van der Waals surface area contributed by atoms with Gasteiger partial charge >= 0.3 is 12.1 Å². The number of thioether (sulfide) groups is 1. The molecule has 0 aliphatic heterocycles. The van der Waals surface area contributed by atoms with Crippen molar-refractivity contribution in [1.82, 2.24) is 4.98 Å². The second kappa shape index (κ2) is 11.5. The number of allylic oxidation sites excluding steroid dienone is 1. The van der Waals surface area contributed by atoms with Crippen molar-refractivity contribution in [3.8, 4) is 0 Å². The Morgan fingerprint density at radius 3 is 2.71 bits per heavy atom. The summed E-state index contributed by atoms with van der Waals surface area (Å²) in [6.07, 6.45) is 1.67. The number of carbonyl (C=O) groups is 2. The van der Waals surface area contributed by atoms with Crippen LogP contribution in [0.5, 0.6) is 0 Å². The number of aromatic nitrogens is 1. The van der Waals surface area contributed by atoms with E-state index in [0.29, 0.717) is 42.2 Å². The normalized spacial score (nSPS) is 21.6. The number of carbonyl (C=O) groups excluding carboxylic acids is 1. The third-order valence-electron chi connectivity index (χ3n) is 5.38. The number of carboxylic acids is 1. The molecular weight excluding hydrogens is 451 g/mol. The first-order valence-corrected chi connectivity index (χ1v) is 12.1. The zero-order valence-corrected chi connectivity index (χ0v) is 19.0. The zero-order chi connectivity index (χ0) is 23.1. The van der Waals surface area contributed by atoms with Crippen LogP contribution in [0.4, 0.5) is 13.2 Å². The number of nitrogens with zero attached hydrogens (tertiary/aromatic N) is 1. The first-order valence-electron chi connectivity index (χ1n) is 10.3. The van der Waals surface area contributed by atoms with Crippen molar-refractivity contribution >= 4 is 34.9 Å². The largest absolute Gasteiger partial charge is 0.476 e. The lowest BCUT2D eigenvalue weighted by Crippen LogP contribution is -2.23. The van der Waals surface area contributed by atoms with E-state index in [1.165, 1.54) is 28.5 Å². The van der Waals surface area contributed by atoms with Gasteiger partial charge in [0.05, 0.1) is 5.60 Å². The van der Waals surface area contributed by atoms with Crippen molar-refractivity contribution < 1.29 is 33.0 Å². The number of hydrogen-bond acceptors (Lipinski definition) is 6. The minimum absolute atomic E-state index is 0.00723. The molecule has 0 unspecified atom stereocenters. The number of alkyl halides is 3. The average molecular weight is 480 g/mol. The summed E-state index contributed by atoms with van der Waals surface area (Å²) in [7, 11) is 0. The number of rotatable bonds is 12. The lowest BCUT2D eigenvalue weighted by atomic mass is 9.90. The number of carboxylic acid groups (broad SMARTS) is 1. The van der Waals surface area contributed by atoms with Crippen LogP contribution < -0.4 is 0 Å². The van der Waals surface area contributed by atoms with Crippen LogP contribution in [0.1, 0.15) is 68.8 Å². The molecule has 0 amide bonds. The van der Waals surface area contributed by atoms with Crippen molar-refractivity contribution in [2.45, 2.75) is 74.4 Å². The van der Waals surface area contributed by atoms with Gasteiger partial charge in [-0.2, -0.15) is 13.2 Å². The smallest absolute Gasteiger partial charge is 0.389 e. The zero-order valence-electron chi connectivity index (χ0n) is 17.4. The number of halogens is 3. The van der Waals surface area contributed by atoms with Gasteiger partial charge in [-0.05, 0) is 44.9 Å². The predicted molar refractivity (Wildman–Crippen MR) is 115 cm³/mol. The Bertz CT molecular complexity index is 777. The maximum absolute atomic E-state index is 12.3. The highest BCUT2D eigenvalue weighted by atomic mass is 32.2. The summed E-state index contributed by atoms with van der Waals surface area (Å²) in [6, 6.07) is 0. The fourth-order valence-electron chi connectivity index (χ4n) is 3.66. The van der Waals surface area contributed by atoms with Crippen molar-refractivity contribution in [2.75, 3.05) is 5.75 Å². The molecule has 31 heavy (non-hydrogen) atoms. The van der Waals surface area contributed by atoms with Gasteiger partial charge in [0.25, 0.3) is 0 Å². The van der Waals surface area contributed by atoms with Crippen LogP contribution in [-0.4, -0.2) is 44.5 Å². The van der Waals surface area contributed by atoms with Gasteiger partial charge in [-0.15, -0.1) is 11.3 Å². The lowest BCUT2D eigenvalue weighted by molar-refractivity contribution is -0.136. The molecule has 1 aliphatic rings. The summed E-state index contributed by atoms with van der Waals surface area (Å²) in [5, 5.41) is 20.8. The first-order chi connectivity index (χ1) is 14.5. The molecule has 2 rings (SSSR count). The maximum atomic E-state index is 12.3. The summed E-state index contributed by atoms with van der Waals surface area (Å²) < 4.78 is 37.3. The molecule has 174 valence electrons. The van der Waals surface area contributed by atoms with E-state index in [-0.39, 0.29) is 29.7 Å². The Hall–Kier alpha value is -1.39. The summed E-state index contributed by atoms with van der Waals surface area (Å²) in [5.41, 5.74) is -1.04.